The zero-order chi connectivity index (χ0) is 22.0. The van der Waals surface area contributed by atoms with Crippen LogP contribution < -0.4 is 10.1 Å². The lowest BCUT2D eigenvalue weighted by Gasteiger charge is -2.32. The first-order chi connectivity index (χ1) is 14.9. The van der Waals surface area contributed by atoms with Crippen LogP contribution in [0.1, 0.15) is 43.2 Å². The number of amides is 1. The van der Waals surface area contributed by atoms with Gasteiger partial charge in [0.2, 0.25) is 15.9 Å². The number of rotatable bonds is 7. The van der Waals surface area contributed by atoms with Crippen LogP contribution in [0.3, 0.4) is 0 Å². The number of anilines is 1. The molecule has 2 aliphatic rings. The fraction of sp³-hybridized carbons (Fsp3) is 0.500. The number of benzene rings is 1. The van der Waals surface area contributed by atoms with E-state index in [1.807, 2.05) is 6.92 Å². The second kappa shape index (κ2) is 9.28. The van der Waals surface area contributed by atoms with Gasteiger partial charge in [0.1, 0.15) is 10.6 Å². The Balaban J connectivity index is 1.50. The number of hydrogen-bond acceptors (Lipinski definition) is 6. The average Bonchev–Trinajstić information content (AvgIpc) is 3.44. The zero-order valence-electron chi connectivity index (χ0n) is 18.0. The number of fused-ring (bicyclic) bond motifs is 1. The maximum Gasteiger partial charge on any atom is 0.246 e. The molecule has 1 unspecified atom stereocenters. The molecule has 1 N–H and O–H groups in total. The Kier molecular flexibility index (Phi) is 6.66. The van der Waals surface area contributed by atoms with E-state index in [1.54, 1.807) is 23.5 Å². The van der Waals surface area contributed by atoms with Crippen LogP contribution >= 0.6 is 11.3 Å². The summed E-state index contributed by atoms with van der Waals surface area (Å²) in [5.74, 6) is 0.168. The van der Waals surface area contributed by atoms with Crippen molar-refractivity contribution in [2.75, 3.05) is 38.1 Å². The van der Waals surface area contributed by atoms with Gasteiger partial charge in [-0.05, 0) is 68.3 Å². The first-order valence-corrected chi connectivity index (χ1v) is 13.1. The average molecular weight is 464 g/mol. The Morgan fingerprint density at radius 3 is 2.74 bits per heavy atom. The highest BCUT2D eigenvalue weighted by Gasteiger charge is 2.31. The third-order valence-electron chi connectivity index (χ3n) is 5.96. The van der Waals surface area contributed by atoms with Crippen LogP contribution in [-0.2, 0) is 21.2 Å². The molecular weight excluding hydrogens is 434 g/mol. The molecule has 2 aromatic rings. The van der Waals surface area contributed by atoms with Crippen molar-refractivity contribution in [3.63, 3.8) is 0 Å². The molecule has 1 atom stereocenters. The summed E-state index contributed by atoms with van der Waals surface area (Å²) < 4.78 is 33.4. The Labute approximate surface area is 188 Å². The third kappa shape index (κ3) is 4.64. The van der Waals surface area contributed by atoms with Crippen LogP contribution in [0.5, 0.6) is 5.75 Å². The van der Waals surface area contributed by atoms with E-state index >= 15 is 0 Å². The number of sulfonamides is 1. The minimum Gasteiger partial charge on any atom is -0.492 e. The molecule has 2 aliphatic heterocycles. The topological polar surface area (TPSA) is 79.0 Å². The van der Waals surface area contributed by atoms with Gasteiger partial charge >= 0.3 is 0 Å². The molecule has 1 aromatic carbocycles. The molecule has 0 spiro atoms. The predicted octanol–water partition coefficient (Wildman–Crippen LogP) is 3.49. The Morgan fingerprint density at radius 1 is 1.23 bits per heavy atom. The van der Waals surface area contributed by atoms with E-state index in [4.69, 9.17) is 4.74 Å². The van der Waals surface area contributed by atoms with E-state index in [0.29, 0.717) is 31.1 Å². The SMILES string of the molecule is CCOc1ccc(NC(=O)CN2CCc3sccc3C2C)cc1S(=O)(=O)N1CCCC1. The van der Waals surface area contributed by atoms with Crippen LogP contribution in [0, 0.1) is 0 Å². The lowest BCUT2D eigenvalue weighted by molar-refractivity contribution is -0.117. The molecule has 0 bridgehead atoms. The number of hydrogen-bond donors (Lipinski definition) is 1. The molecule has 168 valence electrons. The second-order valence-electron chi connectivity index (χ2n) is 7.95. The monoisotopic (exact) mass is 463 g/mol. The Hall–Kier alpha value is -1.94. The predicted molar refractivity (Wildman–Crippen MR) is 122 cm³/mol. The van der Waals surface area contributed by atoms with Crippen molar-refractivity contribution < 1.29 is 17.9 Å². The van der Waals surface area contributed by atoms with Gasteiger partial charge in [-0.25, -0.2) is 8.42 Å². The van der Waals surface area contributed by atoms with Gasteiger partial charge in [0.15, 0.2) is 0 Å². The van der Waals surface area contributed by atoms with Crippen LogP contribution in [-0.4, -0.2) is 56.3 Å². The van der Waals surface area contributed by atoms with Gasteiger partial charge in [0.25, 0.3) is 0 Å². The smallest absolute Gasteiger partial charge is 0.246 e. The normalized spacial score (nSPS) is 19.9. The first kappa shape index (κ1) is 22.3. The summed E-state index contributed by atoms with van der Waals surface area (Å²) in [4.78, 5) is 16.4. The molecule has 4 rings (SSSR count). The zero-order valence-corrected chi connectivity index (χ0v) is 19.6. The summed E-state index contributed by atoms with van der Waals surface area (Å²) in [6, 6.07) is 7.17. The van der Waals surface area contributed by atoms with Crippen LogP contribution in [0.15, 0.2) is 34.5 Å². The highest BCUT2D eigenvalue weighted by Crippen LogP contribution is 2.33. The number of nitrogens with zero attached hydrogens (tertiary/aromatic N) is 2. The van der Waals surface area contributed by atoms with Crippen molar-refractivity contribution in [1.82, 2.24) is 9.21 Å². The molecule has 9 heteroatoms. The summed E-state index contributed by atoms with van der Waals surface area (Å²) in [5, 5.41) is 4.99. The van der Waals surface area contributed by atoms with Gasteiger partial charge in [-0.15, -0.1) is 11.3 Å². The van der Waals surface area contributed by atoms with Crippen LogP contribution in [0.25, 0.3) is 0 Å². The molecule has 0 saturated carbocycles. The summed E-state index contributed by atoms with van der Waals surface area (Å²) in [7, 11) is -3.67. The van der Waals surface area contributed by atoms with Gasteiger partial charge in [-0.1, -0.05) is 0 Å². The quantitative estimate of drug-likeness (QED) is 0.680. The molecule has 1 aromatic heterocycles. The van der Waals surface area contributed by atoms with Gasteiger partial charge in [-0.2, -0.15) is 4.31 Å². The van der Waals surface area contributed by atoms with Gasteiger partial charge in [0, 0.05) is 36.2 Å². The molecule has 1 fully saturated rings. The number of carbonyl (C=O) groups excluding carboxylic acids is 1. The molecule has 3 heterocycles. The van der Waals surface area contributed by atoms with E-state index in [2.05, 4.69) is 28.6 Å². The molecule has 0 aliphatic carbocycles. The van der Waals surface area contributed by atoms with Crippen molar-refractivity contribution in [3.05, 3.63) is 40.1 Å². The van der Waals surface area contributed by atoms with Crippen molar-refractivity contribution in [2.24, 2.45) is 0 Å². The minimum atomic E-state index is -3.67. The maximum absolute atomic E-state index is 13.1. The fourth-order valence-electron chi connectivity index (χ4n) is 4.29. The van der Waals surface area contributed by atoms with E-state index in [9.17, 15) is 13.2 Å². The van der Waals surface area contributed by atoms with Gasteiger partial charge in [0.05, 0.1) is 13.2 Å². The highest BCUT2D eigenvalue weighted by molar-refractivity contribution is 7.89. The minimum absolute atomic E-state index is 0.114. The largest absolute Gasteiger partial charge is 0.492 e. The standard InChI is InChI=1S/C22H29N3O4S2/c1-3-29-19-7-6-17(14-21(19)31(27,28)25-10-4-5-11-25)23-22(26)15-24-12-8-20-18(16(24)2)9-13-30-20/h6-7,9,13-14,16H,3-5,8,10-12,15H2,1-2H3,(H,23,26). The maximum atomic E-state index is 13.1. The second-order valence-corrected chi connectivity index (χ2v) is 10.9. The van der Waals surface area contributed by atoms with E-state index in [0.717, 1.165) is 25.8 Å². The first-order valence-electron chi connectivity index (χ1n) is 10.8. The molecule has 0 radical (unpaired) electrons. The number of nitrogens with one attached hydrogen (secondary N) is 1. The Morgan fingerprint density at radius 2 is 2.00 bits per heavy atom. The van der Waals surface area contributed by atoms with Crippen LogP contribution in [0.2, 0.25) is 0 Å². The number of ether oxygens (including phenoxy) is 1. The number of carbonyl (C=O) groups is 1. The lowest BCUT2D eigenvalue weighted by atomic mass is 10.0. The third-order valence-corrected chi connectivity index (χ3v) is 8.88. The molecule has 1 saturated heterocycles. The molecule has 31 heavy (non-hydrogen) atoms. The van der Waals surface area contributed by atoms with Crippen molar-refractivity contribution in [1.29, 1.82) is 0 Å². The van der Waals surface area contributed by atoms with Gasteiger partial charge < -0.3 is 10.1 Å². The van der Waals surface area contributed by atoms with E-state index in [1.165, 1.54) is 20.8 Å². The lowest BCUT2D eigenvalue weighted by Crippen LogP contribution is -2.39. The van der Waals surface area contributed by atoms with Crippen molar-refractivity contribution in [2.45, 2.75) is 44.0 Å². The molecular formula is C22H29N3O4S2. The fourth-order valence-corrected chi connectivity index (χ4v) is 6.93. The highest BCUT2D eigenvalue weighted by atomic mass is 32.2. The Bertz CT molecular complexity index is 1040. The van der Waals surface area contributed by atoms with E-state index < -0.39 is 10.0 Å². The summed E-state index contributed by atoms with van der Waals surface area (Å²) >= 11 is 1.77. The summed E-state index contributed by atoms with van der Waals surface area (Å²) in [5.41, 5.74) is 1.76. The van der Waals surface area contributed by atoms with Crippen molar-refractivity contribution >= 4 is 33.0 Å². The number of thiophene rings is 1. The van der Waals surface area contributed by atoms with Crippen molar-refractivity contribution in [3.8, 4) is 5.75 Å². The molecule has 7 nitrogen and oxygen atoms in total. The molecule has 1 amide bonds. The van der Waals surface area contributed by atoms with Crippen LogP contribution in [0.4, 0.5) is 5.69 Å². The summed E-state index contributed by atoms with van der Waals surface area (Å²) in [6.45, 7) is 6.43. The van der Waals surface area contributed by atoms with Gasteiger partial charge in [-0.3, -0.25) is 9.69 Å². The summed E-state index contributed by atoms with van der Waals surface area (Å²) in [6.07, 6.45) is 2.67. The van der Waals surface area contributed by atoms with E-state index in [-0.39, 0.29) is 23.4 Å².